The molecule has 144 valence electrons. The Morgan fingerprint density at radius 3 is 2.59 bits per heavy atom. The minimum Gasteiger partial charge on any atom is -0.352 e. The summed E-state index contributed by atoms with van der Waals surface area (Å²) in [6.07, 6.45) is 4.51. The van der Waals surface area contributed by atoms with Crippen molar-refractivity contribution in [1.82, 2.24) is 14.6 Å². The van der Waals surface area contributed by atoms with Crippen molar-refractivity contribution in [2.45, 2.75) is 32.1 Å². The average molecular weight is 388 g/mol. The van der Waals surface area contributed by atoms with E-state index >= 15 is 0 Å². The molecule has 0 radical (unpaired) electrons. The predicted octanol–water partition coefficient (Wildman–Crippen LogP) is 2.25. The summed E-state index contributed by atoms with van der Waals surface area (Å²) >= 11 is 0. The number of benzene rings is 1. The normalized spacial score (nSPS) is 16.2. The summed E-state index contributed by atoms with van der Waals surface area (Å²) < 4.78 is 26.9. The Bertz CT molecular complexity index is 876. The molecule has 3 rings (SSSR count). The number of sulfonamides is 1. The van der Waals surface area contributed by atoms with E-state index in [0.717, 1.165) is 16.7 Å². The van der Waals surface area contributed by atoms with Crippen LogP contribution in [0.25, 0.3) is 0 Å². The summed E-state index contributed by atoms with van der Waals surface area (Å²) in [5.74, 6) is -0.159. The van der Waals surface area contributed by atoms with Crippen LogP contribution in [0.2, 0.25) is 0 Å². The van der Waals surface area contributed by atoms with Crippen molar-refractivity contribution in [2.75, 3.05) is 13.1 Å². The van der Waals surface area contributed by atoms with Crippen LogP contribution in [-0.4, -0.2) is 36.7 Å². The van der Waals surface area contributed by atoms with Gasteiger partial charge in [-0.05, 0) is 37.0 Å². The number of rotatable bonds is 6. The second-order valence-electron chi connectivity index (χ2n) is 7.00. The molecule has 1 amide bonds. The third-order valence-corrected chi connectivity index (χ3v) is 6.69. The van der Waals surface area contributed by atoms with Crippen molar-refractivity contribution < 1.29 is 13.2 Å². The number of amides is 1. The first-order valence-electron chi connectivity index (χ1n) is 9.14. The number of nitrogens with zero attached hydrogens (tertiary/aromatic N) is 2. The van der Waals surface area contributed by atoms with Gasteiger partial charge in [0.1, 0.15) is 0 Å². The van der Waals surface area contributed by atoms with Gasteiger partial charge in [-0.1, -0.05) is 35.9 Å². The highest BCUT2D eigenvalue weighted by Gasteiger charge is 2.31. The highest BCUT2D eigenvalue weighted by Crippen LogP contribution is 2.22. The van der Waals surface area contributed by atoms with Crippen LogP contribution in [0.1, 0.15) is 29.5 Å². The fourth-order valence-corrected chi connectivity index (χ4v) is 4.89. The standard InChI is InChI=1S/C20H25N3O3S/c1-16-4-2-5-17(12-16)15-27(25,26)23-10-7-19(8-11-23)20(24)22-14-18-6-3-9-21-13-18/h2-6,9,12-13,19H,7-8,10-11,14-15H2,1H3,(H,22,24). The molecule has 1 saturated heterocycles. The van der Waals surface area contributed by atoms with Crippen LogP contribution in [0.4, 0.5) is 0 Å². The number of hydrogen-bond donors (Lipinski definition) is 1. The molecule has 0 spiro atoms. The zero-order valence-electron chi connectivity index (χ0n) is 15.5. The first-order chi connectivity index (χ1) is 12.9. The molecule has 2 aromatic rings. The van der Waals surface area contributed by atoms with E-state index in [1.165, 1.54) is 4.31 Å². The number of piperidine rings is 1. The molecule has 1 aliphatic heterocycles. The van der Waals surface area contributed by atoms with Crippen molar-refractivity contribution >= 4 is 15.9 Å². The van der Waals surface area contributed by atoms with E-state index in [4.69, 9.17) is 0 Å². The van der Waals surface area contributed by atoms with E-state index in [1.54, 1.807) is 12.4 Å². The highest BCUT2D eigenvalue weighted by molar-refractivity contribution is 7.88. The minimum atomic E-state index is -3.36. The predicted molar refractivity (Wildman–Crippen MR) is 104 cm³/mol. The quantitative estimate of drug-likeness (QED) is 0.824. The lowest BCUT2D eigenvalue weighted by Crippen LogP contribution is -2.43. The second-order valence-corrected chi connectivity index (χ2v) is 8.97. The summed E-state index contributed by atoms with van der Waals surface area (Å²) in [5, 5.41) is 2.92. The Morgan fingerprint density at radius 2 is 1.93 bits per heavy atom. The van der Waals surface area contributed by atoms with E-state index in [1.807, 2.05) is 43.3 Å². The maximum Gasteiger partial charge on any atom is 0.223 e. The second kappa shape index (κ2) is 8.63. The van der Waals surface area contributed by atoms with Crippen LogP contribution >= 0.6 is 0 Å². The fraction of sp³-hybridized carbons (Fsp3) is 0.400. The summed E-state index contributed by atoms with van der Waals surface area (Å²) in [5.41, 5.74) is 2.79. The van der Waals surface area contributed by atoms with Crippen LogP contribution in [0, 0.1) is 12.8 Å². The Morgan fingerprint density at radius 1 is 1.19 bits per heavy atom. The maximum atomic E-state index is 12.7. The molecule has 1 aromatic carbocycles. The Labute approximate surface area is 160 Å². The zero-order chi connectivity index (χ0) is 19.3. The first-order valence-corrected chi connectivity index (χ1v) is 10.7. The number of aryl methyl sites for hydroxylation is 1. The molecular formula is C20H25N3O3S. The molecule has 0 bridgehead atoms. The monoisotopic (exact) mass is 387 g/mol. The molecule has 1 fully saturated rings. The van der Waals surface area contributed by atoms with Crippen LogP contribution in [0.15, 0.2) is 48.8 Å². The van der Waals surface area contributed by atoms with Crippen LogP contribution in [-0.2, 0) is 27.1 Å². The average Bonchev–Trinajstić information content (AvgIpc) is 2.67. The molecule has 0 atom stereocenters. The number of hydrogen-bond acceptors (Lipinski definition) is 4. The van der Waals surface area contributed by atoms with Crippen LogP contribution in [0.5, 0.6) is 0 Å². The number of aromatic nitrogens is 1. The van der Waals surface area contributed by atoms with Gasteiger partial charge in [-0.2, -0.15) is 0 Å². The molecule has 0 aliphatic carbocycles. The van der Waals surface area contributed by atoms with Gasteiger partial charge in [0.25, 0.3) is 0 Å². The van der Waals surface area contributed by atoms with Gasteiger partial charge in [-0.15, -0.1) is 0 Å². The molecule has 1 aliphatic rings. The van der Waals surface area contributed by atoms with Gasteiger partial charge in [-0.3, -0.25) is 9.78 Å². The highest BCUT2D eigenvalue weighted by atomic mass is 32.2. The molecule has 0 unspecified atom stereocenters. The molecule has 27 heavy (non-hydrogen) atoms. The molecule has 7 heteroatoms. The van der Waals surface area contributed by atoms with Gasteiger partial charge >= 0.3 is 0 Å². The molecule has 2 heterocycles. The van der Waals surface area contributed by atoms with Gasteiger partial charge in [0.05, 0.1) is 5.75 Å². The largest absolute Gasteiger partial charge is 0.352 e. The number of carbonyl (C=O) groups is 1. The molecule has 1 aromatic heterocycles. The lowest BCUT2D eigenvalue weighted by atomic mass is 9.97. The fourth-order valence-electron chi connectivity index (χ4n) is 3.34. The van der Waals surface area contributed by atoms with Crippen molar-refractivity contribution in [2.24, 2.45) is 5.92 Å². The van der Waals surface area contributed by atoms with E-state index in [0.29, 0.717) is 32.5 Å². The van der Waals surface area contributed by atoms with Crippen LogP contribution in [0.3, 0.4) is 0 Å². The number of nitrogens with one attached hydrogen (secondary N) is 1. The lowest BCUT2D eigenvalue weighted by molar-refractivity contribution is -0.126. The van der Waals surface area contributed by atoms with E-state index in [-0.39, 0.29) is 17.6 Å². The van der Waals surface area contributed by atoms with Crippen molar-refractivity contribution in [3.63, 3.8) is 0 Å². The molecule has 0 saturated carbocycles. The molecule has 6 nitrogen and oxygen atoms in total. The Hall–Kier alpha value is -2.25. The third kappa shape index (κ3) is 5.37. The van der Waals surface area contributed by atoms with Crippen LogP contribution < -0.4 is 5.32 Å². The SMILES string of the molecule is Cc1cccc(CS(=O)(=O)N2CCC(C(=O)NCc3cccnc3)CC2)c1. The minimum absolute atomic E-state index is 0.00650. The Kier molecular flexibility index (Phi) is 6.23. The van der Waals surface area contributed by atoms with Gasteiger partial charge in [0.15, 0.2) is 0 Å². The van der Waals surface area contributed by atoms with Gasteiger partial charge in [0.2, 0.25) is 15.9 Å². The summed E-state index contributed by atoms with van der Waals surface area (Å²) in [6.45, 7) is 3.17. The van der Waals surface area contributed by atoms with E-state index in [9.17, 15) is 13.2 Å². The summed E-state index contributed by atoms with van der Waals surface area (Å²) in [6, 6.07) is 11.3. The lowest BCUT2D eigenvalue weighted by Gasteiger charge is -2.30. The van der Waals surface area contributed by atoms with Crippen molar-refractivity contribution in [3.8, 4) is 0 Å². The summed E-state index contributed by atoms with van der Waals surface area (Å²) in [4.78, 5) is 16.4. The summed E-state index contributed by atoms with van der Waals surface area (Å²) in [7, 11) is -3.36. The number of pyridine rings is 1. The van der Waals surface area contributed by atoms with Gasteiger partial charge in [0, 0.05) is 37.9 Å². The topological polar surface area (TPSA) is 79.4 Å². The maximum absolute atomic E-state index is 12.7. The smallest absolute Gasteiger partial charge is 0.223 e. The van der Waals surface area contributed by atoms with Crippen molar-refractivity contribution in [1.29, 1.82) is 0 Å². The van der Waals surface area contributed by atoms with E-state index < -0.39 is 10.0 Å². The first kappa shape index (κ1) is 19.5. The van der Waals surface area contributed by atoms with Crippen molar-refractivity contribution in [3.05, 3.63) is 65.5 Å². The molecule has 1 N–H and O–H groups in total. The van der Waals surface area contributed by atoms with Gasteiger partial charge in [-0.25, -0.2) is 12.7 Å². The third-order valence-electron chi connectivity index (χ3n) is 4.84. The zero-order valence-corrected chi connectivity index (χ0v) is 16.3. The molecular weight excluding hydrogens is 362 g/mol. The Balaban J connectivity index is 1.51. The number of carbonyl (C=O) groups excluding carboxylic acids is 1. The van der Waals surface area contributed by atoms with E-state index in [2.05, 4.69) is 10.3 Å². The van der Waals surface area contributed by atoms with Gasteiger partial charge < -0.3 is 5.32 Å².